The molecule has 0 N–H and O–H groups in total. The molecule has 1 saturated carbocycles. The maximum atomic E-state index is 3.85. The molecule has 0 aliphatic heterocycles. The van der Waals surface area contributed by atoms with Crippen LogP contribution in [0.2, 0.25) is 0 Å². The highest BCUT2D eigenvalue weighted by molar-refractivity contribution is 9.10. The third-order valence-electron chi connectivity index (χ3n) is 3.23. The molecule has 2 rings (SSSR count). The number of halogens is 2. The first-order chi connectivity index (χ1) is 7.25. The van der Waals surface area contributed by atoms with Crippen molar-refractivity contribution in [3.8, 4) is 0 Å². The predicted molar refractivity (Wildman–Crippen MR) is 72.5 cm³/mol. The van der Waals surface area contributed by atoms with Crippen molar-refractivity contribution in [2.24, 2.45) is 5.92 Å². The minimum Gasteiger partial charge on any atom is -0.0884 e. The molecule has 1 aromatic carbocycles. The highest BCUT2D eigenvalue weighted by atomic mass is 79.9. The van der Waals surface area contributed by atoms with E-state index in [1.165, 1.54) is 35.7 Å². The molecular formula is C13H16Br2. The molecule has 1 atom stereocenters. The second-order valence-electron chi connectivity index (χ2n) is 4.39. The van der Waals surface area contributed by atoms with Gasteiger partial charge in [-0.3, -0.25) is 0 Å². The lowest BCUT2D eigenvalue weighted by Crippen LogP contribution is -2.13. The fourth-order valence-corrected chi connectivity index (χ4v) is 3.72. The zero-order valence-corrected chi connectivity index (χ0v) is 11.9. The summed E-state index contributed by atoms with van der Waals surface area (Å²) in [5, 5.41) is 0. The first-order valence-electron chi connectivity index (χ1n) is 5.64. The van der Waals surface area contributed by atoms with Gasteiger partial charge >= 0.3 is 0 Å². The van der Waals surface area contributed by atoms with Crippen LogP contribution in [0.4, 0.5) is 0 Å². The maximum absolute atomic E-state index is 3.85. The number of rotatable bonds is 3. The molecular weight excluding hydrogens is 316 g/mol. The van der Waals surface area contributed by atoms with E-state index in [4.69, 9.17) is 0 Å². The summed E-state index contributed by atoms with van der Waals surface area (Å²) in [5.74, 6) is 0.893. The topological polar surface area (TPSA) is 0 Å². The van der Waals surface area contributed by atoms with E-state index in [0.29, 0.717) is 4.83 Å². The van der Waals surface area contributed by atoms with Crippen molar-refractivity contribution in [2.75, 3.05) is 0 Å². The van der Waals surface area contributed by atoms with Crippen LogP contribution in [0.25, 0.3) is 0 Å². The average Bonchev–Trinajstić information content (AvgIpc) is 2.70. The Morgan fingerprint density at radius 3 is 2.67 bits per heavy atom. The van der Waals surface area contributed by atoms with Gasteiger partial charge in [0.2, 0.25) is 0 Å². The molecule has 15 heavy (non-hydrogen) atoms. The molecule has 1 aromatic rings. The molecule has 1 fully saturated rings. The van der Waals surface area contributed by atoms with Crippen LogP contribution in [0.5, 0.6) is 0 Å². The van der Waals surface area contributed by atoms with Gasteiger partial charge in [-0.15, -0.1) is 0 Å². The van der Waals surface area contributed by atoms with E-state index in [9.17, 15) is 0 Å². The summed E-state index contributed by atoms with van der Waals surface area (Å²) in [6, 6.07) is 8.65. The summed E-state index contributed by atoms with van der Waals surface area (Å²) in [5.41, 5.74) is 1.43. The number of hydrogen-bond acceptors (Lipinski definition) is 0. The third kappa shape index (κ3) is 3.32. The quantitative estimate of drug-likeness (QED) is 0.688. The molecule has 0 spiro atoms. The Balaban J connectivity index is 1.95. The lowest BCUT2D eigenvalue weighted by molar-refractivity contribution is 0.525. The van der Waals surface area contributed by atoms with Crippen molar-refractivity contribution in [3.05, 3.63) is 34.3 Å². The Hall–Kier alpha value is 0.180. The highest BCUT2D eigenvalue weighted by Gasteiger charge is 2.22. The van der Waals surface area contributed by atoms with Gasteiger partial charge in [-0.2, -0.15) is 0 Å². The van der Waals surface area contributed by atoms with Crippen molar-refractivity contribution in [1.29, 1.82) is 0 Å². The summed E-state index contributed by atoms with van der Waals surface area (Å²) in [4.78, 5) is 0.661. The van der Waals surface area contributed by atoms with E-state index < -0.39 is 0 Å². The molecule has 82 valence electrons. The SMILES string of the molecule is Brc1cccc(CC(Br)C2CCCC2)c1. The normalized spacial score (nSPS) is 19.3. The smallest absolute Gasteiger partial charge is 0.0214 e. The van der Waals surface area contributed by atoms with Gasteiger partial charge < -0.3 is 0 Å². The summed E-state index contributed by atoms with van der Waals surface area (Å²) in [7, 11) is 0. The molecule has 1 aliphatic carbocycles. The molecule has 0 saturated heterocycles. The molecule has 1 unspecified atom stereocenters. The first-order valence-corrected chi connectivity index (χ1v) is 7.35. The minimum absolute atomic E-state index is 0.661. The van der Waals surface area contributed by atoms with Gasteiger partial charge in [0.05, 0.1) is 0 Å². The third-order valence-corrected chi connectivity index (χ3v) is 4.80. The Bertz CT molecular complexity index is 316. The van der Waals surface area contributed by atoms with Gasteiger partial charge in [0.15, 0.2) is 0 Å². The Morgan fingerprint density at radius 2 is 2.00 bits per heavy atom. The van der Waals surface area contributed by atoms with Crippen LogP contribution >= 0.6 is 31.9 Å². The van der Waals surface area contributed by atoms with Crippen LogP contribution in [0, 0.1) is 5.92 Å². The summed E-state index contributed by atoms with van der Waals surface area (Å²) in [6.45, 7) is 0. The molecule has 0 bridgehead atoms. The van der Waals surface area contributed by atoms with Crippen LogP contribution in [0.15, 0.2) is 28.7 Å². The maximum Gasteiger partial charge on any atom is 0.0214 e. The van der Waals surface area contributed by atoms with Crippen LogP contribution in [0.1, 0.15) is 31.2 Å². The largest absolute Gasteiger partial charge is 0.0884 e. The van der Waals surface area contributed by atoms with Crippen molar-refractivity contribution < 1.29 is 0 Å². The molecule has 0 heterocycles. The predicted octanol–water partition coefficient (Wildman–Crippen LogP) is 4.95. The molecule has 0 radical (unpaired) electrons. The number of alkyl halides is 1. The minimum atomic E-state index is 0.661. The van der Waals surface area contributed by atoms with E-state index in [1.54, 1.807) is 0 Å². The van der Waals surface area contributed by atoms with Gasteiger partial charge in [-0.1, -0.05) is 56.8 Å². The Morgan fingerprint density at radius 1 is 1.27 bits per heavy atom. The van der Waals surface area contributed by atoms with Crippen LogP contribution in [-0.2, 0) is 6.42 Å². The van der Waals surface area contributed by atoms with E-state index in [1.807, 2.05) is 0 Å². The second kappa shape index (κ2) is 5.49. The van der Waals surface area contributed by atoms with Crippen molar-refractivity contribution in [3.63, 3.8) is 0 Å². The number of benzene rings is 1. The summed E-state index contributed by atoms with van der Waals surface area (Å²) in [6.07, 6.45) is 6.81. The monoisotopic (exact) mass is 330 g/mol. The molecule has 2 heteroatoms. The molecule has 1 aliphatic rings. The Kier molecular flexibility index (Phi) is 4.27. The van der Waals surface area contributed by atoms with Gasteiger partial charge in [0, 0.05) is 9.30 Å². The van der Waals surface area contributed by atoms with Crippen LogP contribution in [-0.4, -0.2) is 4.83 Å². The van der Waals surface area contributed by atoms with E-state index in [2.05, 4.69) is 56.1 Å². The lowest BCUT2D eigenvalue weighted by Gasteiger charge is -2.17. The van der Waals surface area contributed by atoms with Gasteiger partial charge in [0.1, 0.15) is 0 Å². The summed E-state index contributed by atoms with van der Waals surface area (Å²) >= 11 is 7.37. The number of hydrogen-bond donors (Lipinski definition) is 0. The van der Waals surface area contributed by atoms with Gasteiger partial charge in [0.25, 0.3) is 0 Å². The van der Waals surface area contributed by atoms with Crippen LogP contribution in [0.3, 0.4) is 0 Å². The zero-order valence-electron chi connectivity index (χ0n) is 8.76. The standard InChI is InChI=1S/C13H16Br2/c14-12-7-3-4-10(8-12)9-13(15)11-5-1-2-6-11/h3-4,7-8,11,13H,1-2,5-6,9H2. The summed E-state index contributed by atoms with van der Waals surface area (Å²) < 4.78 is 1.19. The van der Waals surface area contributed by atoms with Crippen LogP contribution < -0.4 is 0 Å². The fraction of sp³-hybridized carbons (Fsp3) is 0.538. The average molecular weight is 332 g/mol. The van der Waals surface area contributed by atoms with E-state index in [0.717, 1.165) is 12.3 Å². The first kappa shape index (κ1) is 11.7. The van der Waals surface area contributed by atoms with Gasteiger partial charge in [-0.05, 0) is 42.9 Å². The fourth-order valence-electron chi connectivity index (χ4n) is 2.37. The van der Waals surface area contributed by atoms with Crippen molar-refractivity contribution in [1.82, 2.24) is 0 Å². The van der Waals surface area contributed by atoms with E-state index in [-0.39, 0.29) is 0 Å². The molecule has 0 aromatic heterocycles. The molecule has 0 nitrogen and oxygen atoms in total. The Labute approximate surface area is 109 Å². The zero-order chi connectivity index (χ0) is 10.7. The highest BCUT2D eigenvalue weighted by Crippen LogP contribution is 2.33. The second-order valence-corrected chi connectivity index (χ2v) is 6.49. The van der Waals surface area contributed by atoms with Crippen molar-refractivity contribution >= 4 is 31.9 Å². The van der Waals surface area contributed by atoms with Crippen molar-refractivity contribution in [2.45, 2.75) is 36.9 Å². The van der Waals surface area contributed by atoms with E-state index >= 15 is 0 Å². The van der Waals surface area contributed by atoms with Gasteiger partial charge in [-0.25, -0.2) is 0 Å². The molecule has 0 amide bonds. The lowest BCUT2D eigenvalue weighted by atomic mass is 9.98.